The summed E-state index contributed by atoms with van der Waals surface area (Å²) in [6.45, 7) is 6.09. The van der Waals surface area contributed by atoms with E-state index in [1.165, 1.54) is 11.8 Å². The highest BCUT2D eigenvalue weighted by Crippen LogP contribution is 2.46. The van der Waals surface area contributed by atoms with Gasteiger partial charge in [-0.05, 0) is 45.6 Å². The van der Waals surface area contributed by atoms with Gasteiger partial charge in [-0.3, -0.25) is 0 Å². The van der Waals surface area contributed by atoms with Crippen molar-refractivity contribution in [2.24, 2.45) is 11.3 Å². The number of ether oxygens (including phenoxy) is 2. The van der Waals surface area contributed by atoms with Crippen molar-refractivity contribution < 1.29 is 14.6 Å². The number of piperidine rings is 1. The van der Waals surface area contributed by atoms with E-state index in [0.29, 0.717) is 28.2 Å². The van der Waals surface area contributed by atoms with Gasteiger partial charge in [0.05, 0.1) is 25.0 Å². The van der Waals surface area contributed by atoms with Gasteiger partial charge in [0.1, 0.15) is 21.8 Å². The van der Waals surface area contributed by atoms with Crippen molar-refractivity contribution in [3.05, 3.63) is 28.7 Å². The first kappa shape index (κ1) is 23.8. The molecule has 2 aromatic heterocycles. The number of aliphatic hydroxyl groups excluding tert-OH is 1. The number of halogens is 1. The fourth-order valence-corrected chi connectivity index (χ4v) is 6.08. The fourth-order valence-electron chi connectivity index (χ4n) is 4.95. The van der Waals surface area contributed by atoms with Gasteiger partial charge < -0.3 is 24.9 Å². The second kappa shape index (κ2) is 9.60. The second-order valence-corrected chi connectivity index (χ2v) is 10.9. The number of nitrogens with one attached hydrogen (secondary N) is 1. The highest BCUT2D eigenvalue weighted by molar-refractivity contribution is 7.99. The van der Waals surface area contributed by atoms with Crippen LogP contribution in [0.4, 0.5) is 5.82 Å². The lowest BCUT2D eigenvalue weighted by atomic mass is 9.69. The van der Waals surface area contributed by atoms with Gasteiger partial charge in [-0.25, -0.2) is 15.0 Å². The predicted octanol–water partition coefficient (Wildman–Crippen LogP) is 4.29. The summed E-state index contributed by atoms with van der Waals surface area (Å²) in [6, 6.07) is 1.84. The van der Waals surface area contributed by atoms with Crippen LogP contribution in [0, 0.1) is 23.7 Å². The minimum atomic E-state index is -0.193. The molecular weight excluding hydrogens is 474 g/mol. The molecule has 1 saturated carbocycles. The van der Waals surface area contributed by atoms with Crippen LogP contribution >= 0.6 is 23.4 Å². The van der Waals surface area contributed by atoms with Gasteiger partial charge in [-0.15, -0.1) is 0 Å². The van der Waals surface area contributed by atoms with Crippen molar-refractivity contribution in [2.75, 3.05) is 24.6 Å². The van der Waals surface area contributed by atoms with Crippen LogP contribution in [-0.2, 0) is 11.3 Å². The third kappa shape index (κ3) is 4.51. The SMILES string of the molecule is Cc1nc(N2CCC3(CC2)CO[C@@H](C)[C@H]3C=N)c(CO)nc1Sc1ccnc(OC2CC2)c1Cl. The number of aliphatic hydroxyl groups is 1. The quantitative estimate of drug-likeness (QED) is 0.539. The van der Waals surface area contributed by atoms with E-state index in [-0.39, 0.29) is 30.1 Å². The van der Waals surface area contributed by atoms with Crippen molar-refractivity contribution >= 4 is 35.4 Å². The van der Waals surface area contributed by atoms with Crippen LogP contribution in [0.25, 0.3) is 0 Å². The minimum Gasteiger partial charge on any atom is -0.473 e. The molecule has 8 nitrogen and oxygen atoms in total. The highest BCUT2D eigenvalue weighted by Gasteiger charge is 2.48. The van der Waals surface area contributed by atoms with Crippen LogP contribution in [0.3, 0.4) is 0 Å². The van der Waals surface area contributed by atoms with Gasteiger partial charge in [-0.1, -0.05) is 23.4 Å². The summed E-state index contributed by atoms with van der Waals surface area (Å²) in [5.74, 6) is 1.34. The van der Waals surface area contributed by atoms with Gasteiger partial charge in [0.25, 0.3) is 0 Å². The minimum absolute atomic E-state index is 0.0215. The first-order chi connectivity index (χ1) is 16.4. The van der Waals surface area contributed by atoms with E-state index in [9.17, 15) is 5.11 Å². The lowest BCUT2D eigenvalue weighted by molar-refractivity contribution is 0.0973. The van der Waals surface area contributed by atoms with Crippen LogP contribution in [0.5, 0.6) is 5.88 Å². The third-order valence-corrected chi connectivity index (χ3v) is 8.76. The summed E-state index contributed by atoms with van der Waals surface area (Å²) in [7, 11) is 0. The van der Waals surface area contributed by atoms with Crippen LogP contribution < -0.4 is 9.64 Å². The number of aryl methyl sites for hydroxylation is 1. The number of hydrogen-bond donors (Lipinski definition) is 2. The van der Waals surface area contributed by atoms with E-state index in [0.717, 1.165) is 55.2 Å². The van der Waals surface area contributed by atoms with Crippen molar-refractivity contribution in [1.82, 2.24) is 15.0 Å². The Balaban J connectivity index is 1.34. The van der Waals surface area contributed by atoms with E-state index in [2.05, 4.69) is 16.8 Å². The molecule has 2 N–H and O–H groups in total. The Kier molecular flexibility index (Phi) is 6.72. The molecule has 0 bridgehead atoms. The number of nitrogens with zero attached hydrogens (tertiary/aromatic N) is 4. The molecule has 4 heterocycles. The predicted molar refractivity (Wildman–Crippen MR) is 131 cm³/mol. The Hall–Kier alpha value is -1.94. The smallest absolute Gasteiger partial charge is 0.234 e. The maximum Gasteiger partial charge on any atom is 0.234 e. The van der Waals surface area contributed by atoms with E-state index in [4.69, 9.17) is 36.5 Å². The van der Waals surface area contributed by atoms with E-state index >= 15 is 0 Å². The molecule has 1 aliphatic carbocycles. The lowest BCUT2D eigenvalue weighted by Gasteiger charge is -2.42. The Morgan fingerprint density at radius 3 is 2.79 bits per heavy atom. The van der Waals surface area contributed by atoms with E-state index < -0.39 is 0 Å². The summed E-state index contributed by atoms with van der Waals surface area (Å²) in [4.78, 5) is 16.9. The zero-order chi connectivity index (χ0) is 23.9. The van der Waals surface area contributed by atoms with Crippen LogP contribution in [0.15, 0.2) is 22.2 Å². The number of pyridine rings is 1. The lowest BCUT2D eigenvalue weighted by Crippen LogP contribution is -2.45. The summed E-state index contributed by atoms with van der Waals surface area (Å²) in [5.41, 5.74) is 1.36. The van der Waals surface area contributed by atoms with E-state index in [1.807, 2.05) is 13.0 Å². The Labute approximate surface area is 208 Å². The molecule has 10 heteroatoms. The van der Waals surface area contributed by atoms with Crippen molar-refractivity contribution in [3.8, 4) is 5.88 Å². The summed E-state index contributed by atoms with van der Waals surface area (Å²) in [6.07, 6.45) is 7.48. The second-order valence-electron chi connectivity index (χ2n) is 9.45. The van der Waals surface area contributed by atoms with Crippen molar-refractivity contribution in [1.29, 1.82) is 5.41 Å². The molecule has 0 unspecified atom stereocenters. The molecule has 0 radical (unpaired) electrons. The summed E-state index contributed by atoms with van der Waals surface area (Å²) >= 11 is 7.97. The molecule has 5 rings (SSSR count). The summed E-state index contributed by atoms with van der Waals surface area (Å²) < 4.78 is 11.7. The normalized spacial score (nSPS) is 23.9. The Morgan fingerprint density at radius 2 is 2.12 bits per heavy atom. The van der Waals surface area contributed by atoms with Crippen LogP contribution in [-0.4, -0.2) is 58.2 Å². The largest absolute Gasteiger partial charge is 0.473 e. The molecule has 2 atom stereocenters. The highest BCUT2D eigenvalue weighted by atomic mass is 35.5. The van der Waals surface area contributed by atoms with E-state index in [1.54, 1.807) is 12.4 Å². The first-order valence-corrected chi connectivity index (χ1v) is 13.0. The zero-order valence-electron chi connectivity index (χ0n) is 19.5. The monoisotopic (exact) mass is 503 g/mol. The molecule has 182 valence electrons. The Morgan fingerprint density at radius 1 is 1.35 bits per heavy atom. The summed E-state index contributed by atoms with van der Waals surface area (Å²) in [5, 5.41) is 19.2. The molecule has 3 aliphatic rings. The van der Waals surface area contributed by atoms with Crippen molar-refractivity contribution in [3.63, 3.8) is 0 Å². The van der Waals surface area contributed by atoms with Crippen LogP contribution in [0.1, 0.15) is 44.0 Å². The number of aromatic nitrogens is 3. The average molecular weight is 504 g/mol. The molecule has 34 heavy (non-hydrogen) atoms. The fraction of sp³-hybridized carbons (Fsp3) is 0.583. The van der Waals surface area contributed by atoms with Crippen LogP contribution in [0.2, 0.25) is 5.02 Å². The molecular formula is C24H30ClN5O3S. The first-order valence-electron chi connectivity index (χ1n) is 11.8. The average Bonchev–Trinajstić information content (AvgIpc) is 3.61. The van der Waals surface area contributed by atoms with Crippen molar-refractivity contribution in [2.45, 2.75) is 68.3 Å². The van der Waals surface area contributed by atoms with Gasteiger partial charge in [0.15, 0.2) is 5.82 Å². The topological polar surface area (TPSA) is 104 Å². The third-order valence-electron chi connectivity index (χ3n) is 7.14. The van der Waals surface area contributed by atoms with Gasteiger partial charge in [0.2, 0.25) is 5.88 Å². The molecule has 1 spiro atoms. The number of hydrogen-bond acceptors (Lipinski definition) is 9. The van der Waals surface area contributed by atoms with Gasteiger partial charge in [-0.2, -0.15) is 0 Å². The molecule has 0 amide bonds. The number of rotatable bonds is 7. The van der Waals surface area contributed by atoms with Gasteiger partial charge >= 0.3 is 0 Å². The Bertz CT molecular complexity index is 1070. The standard InChI is InChI=1S/C24H30ClN5O3S/c1-14-23(34-19-5-8-27-22(20(19)25)33-16-3-4-16)29-18(12-31)21(28-14)30-9-6-24(7-10-30)13-32-15(2)17(24)11-26/h5,8,11,15-17,26,31H,3-4,6-7,9-10,12-13H2,1-2H3/t15-,17+/m0/s1. The molecule has 0 aromatic carbocycles. The number of anilines is 1. The molecule has 2 saturated heterocycles. The molecule has 3 fully saturated rings. The molecule has 2 aromatic rings. The maximum atomic E-state index is 10.1. The maximum absolute atomic E-state index is 10.1. The molecule has 2 aliphatic heterocycles. The van der Waals surface area contributed by atoms with Gasteiger partial charge in [0, 0.05) is 41.7 Å². The zero-order valence-corrected chi connectivity index (χ0v) is 21.0.